The molecule has 2 fully saturated rings. The zero-order valence-corrected chi connectivity index (χ0v) is 13.1. The number of phenolic OH excluding ortho intramolecular Hbond substituents is 1. The molecule has 3 atom stereocenters. The van der Waals surface area contributed by atoms with Crippen LogP contribution >= 0.6 is 0 Å². The predicted molar refractivity (Wildman–Crippen MR) is 87.4 cm³/mol. The van der Waals surface area contributed by atoms with Gasteiger partial charge in [-0.05, 0) is 61.4 Å². The lowest BCUT2D eigenvalue weighted by Crippen LogP contribution is -2.59. The average Bonchev–Trinajstić information content (AvgIpc) is 2.54. The Kier molecular flexibility index (Phi) is 3.54. The van der Waals surface area contributed by atoms with Gasteiger partial charge in [0.1, 0.15) is 5.75 Å². The highest BCUT2D eigenvalue weighted by Crippen LogP contribution is 2.54. The van der Waals surface area contributed by atoms with Crippen LogP contribution in [0.2, 0.25) is 0 Å². The smallest absolute Gasteiger partial charge is 0.138 e. The van der Waals surface area contributed by atoms with Crippen LogP contribution in [0.25, 0.3) is 0 Å². The molecule has 3 aliphatic rings. The Morgan fingerprint density at radius 1 is 1.27 bits per heavy atom. The molecule has 4 heteroatoms. The second kappa shape index (κ2) is 5.43. The first-order chi connectivity index (χ1) is 10.7. The average molecular weight is 302 g/mol. The Labute approximate surface area is 131 Å². The second-order valence-electron chi connectivity index (χ2n) is 7.20. The summed E-state index contributed by atoms with van der Waals surface area (Å²) in [7, 11) is 0. The van der Waals surface area contributed by atoms with E-state index >= 15 is 0 Å². The fourth-order valence-electron chi connectivity index (χ4n) is 5.30. The van der Waals surface area contributed by atoms with E-state index in [0.29, 0.717) is 18.3 Å². The molecule has 2 bridgehead atoms. The van der Waals surface area contributed by atoms with E-state index < -0.39 is 0 Å². The Bertz CT molecular complexity index is 570. The SMILES string of the molecule is OCCNc1cc2c(cc1O)[C@]13CCCC[C@@H]1[C@H](C2)NCC3. The van der Waals surface area contributed by atoms with Gasteiger partial charge in [0.2, 0.25) is 0 Å². The molecule has 0 amide bonds. The second-order valence-corrected chi connectivity index (χ2v) is 7.20. The van der Waals surface area contributed by atoms with Crippen molar-refractivity contribution in [1.29, 1.82) is 0 Å². The topological polar surface area (TPSA) is 64.5 Å². The van der Waals surface area contributed by atoms with E-state index in [2.05, 4.69) is 16.7 Å². The van der Waals surface area contributed by atoms with Crippen molar-refractivity contribution in [2.24, 2.45) is 5.92 Å². The molecule has 0 aromatic heterocycles. The van der Waals surface area contributed by atoms with Gasteiger partial charge in [0.05, 0.1) is 12.3 Å². The summed E-state index contributed by atoms with van der Waals surface area (Å²) in [6.45, 7) is 1.65. The third-order valence-electron chi connectivity index (χ3n) is 6.19. The van der Waals surface area contributed by atoms with Gasteiger partial charge in [-0.2, -0.15) is 0 Å². The summed E-state index contributed by atoms with van der Waals surface area (Å²) >= 11 is 0. The quantitative estimate of drug-likeness (QED) is 0.646. The molecule has 4 nitrogen and oxygen atoms in total. The largest absolute Gasteiger partial charge is 0.506 e. The van der Waals surface area contributed by atoms with Crippen LogP contribution in [-0.4, -0.2) is 36.0 Å². The molecular weight excluding hydrogens is 276 g/mol. The van der Waals surface area contributed by atoms with E-state index in [-0.39, 0.29) is 12.0 Å². The minimum Gasteiger partial charge on any atom is -0.506 e. The lowest BCUT2D eigenvalue weighted by molar-refractivity contribution is 0.0796. The molecule has 1 aliphatic heterocycles. The van der Waals surface area contributed by atoms with Crippen LogP contribution < -0.4 is 10.6 Å². The van der Waals surface area contributed by atoms with Crippen molar-refractivity contribution < 1.29 is 10.2 Å². The summed E-state index contributed by atoms with van der Waals surface area (Å²) in [4.78, 5) is 0. The third kappa shape index (κ3) is 2.04. The number of piperidine rings is 1. The predicted octanol–water partition coefficient (Wildman–Crippen LogP) is 2.14. The molecule has 1 aromatic carbocycles. The minimum atomic E-state index is 0.0761. The number of aromatic hydroxyl groups is 1. The maximum atomic E-state index is 10.4. The number of aliphatic hydroxyl groups excluding tert-OH is 1. The van der Waals surface area contributed by atoms with Gasteiger partial charge >= 0.3 is 0 Å². The van der Waals surface area contributed by atoms with Gasteiger partial charge in [0.15, 0.2) is 0 Å². The van der Waals surface area contributed by atoms with Gasteiger partial charge < -0.3 is 20.8 Å². The first-order valence-corrected chi connectivity index (χ1v) is 8.69. The van der Waals surface area contributed by atoms with Crippen LogP contribution in [0.5, 0.6) is 5.75 Å². The van der Waals surface area contributed by atoms with Crippen molar-refractivity contribution in [2.45, 2.75) is 50.0 Å². The minimum absolute atomic E-state index is 0.0761. The molecule has 2 aliphatic carbocycles. The van der Waals surface area contributed by atoms with Gasteiger partial charge in [-0.1, -0.05) is 12.8 Å². The summed E-state index contributed by atoms with van der Waals surface area (Å²) in [6.07, 6.45) is 7.52. The molecule has 1 aromatic rings. The normalized spacial score (nSPS) is 33.0. The van der Waals surface area contributed by atoms with Gasteiger partial charge in [0, 0.05) is 18.0 Å². The van der Waals surface area contributed by atoms with Gasteiger partial charge in [-0.15, -0.1) is 0 Å². The molecule has 4 rings (SSSR count). The first-order valence-electron chi connectivity index (χ1n) is 8.69. The van der Waals surface area contributed by atoms with E-state index in [0.717, 1.165) is 24.6 Å². The van der Waals surface area contributed by atoms with Crippen molar-refractivity contribution in [3.05, 3.63) is 23.3 Å². The lowest BCUT2D eigenvalue weighted by atomic mass is 9.53. The van der Waals surface area contributed by atoms with Crippen LogP contribution in [0.1, 0.15) is 43.2 Å². The van der Waals surface area contributed by atoms with Gasteiger partial charge in [-0.25, -0.2) is 0 Å². The highest BCUT2D eigenvalue weighted by molar-refractivity contribution is 5.62. The molecule has 22 heavy (non-hydrogen) atoms. The van der Waals surface area contributed by atoms with Crippen molar-refractivity contribution in [3.63, 3.8) is 0 Å². The highest BCUT2D eigenvalue weighted by Gasteiger charge is 2.51. The standard InChI is InChI=1S/C18H26N2O2/c21-8-7-20-16-10-12-9-15-13-3-1-2-4-18(13,5-6-19-15)14(12)11-17(16)22/h10-11,13,15,19-22H,1-9H2/t13-,15+,18+/m1/s1. The fraction of sp³-hybridized carbons (Fsp3) is 0.667. The van der Waals surface area contributed by atoms with Crippen molar-refractivity contribution >= 4 is 5.69 Å². The Morgan fingerprint density at radius 3 is 3.05 bits per heavy atom. The van der Waals surface area contributed by atoms with E-state index in [1.165, 1.54) is 43.2 Å². The number of rotatable bonds is 3. The summed E-state index contributed by atoms with van der Waals surface area (Å²) in [5, 5.41) is 26.3. The molecule has 4 N–H and O–H groups in total. The summed E-state index contributed by atoms with van der Waals surface area (Å²) in [6, 6.07) is 4.73. The molecular formula is C18H26N2O2. The Morgan fingerprint density at radius 2 is 2.18 bits per heavy atom. The summed E-state index contributed by atoms with van der Waals surface area (Å²) in [5.74, 6) is 1.07. The summed E-state index contributed by atoms with van der Waals surface area (Å²) < 4.78 is 0. The number of hydrogen-bond acceptors (Lipinski definition) is 4. The van der Waals surface area contributed by atoms with Crippen LogP contribution in [0, 0.1) is 5.92 Å². The molecule has 1 saturated heterocycles. The first kappa shape index (κ1) is 14.3. The Hall–Kier alpha value is -1.26. The monoisotopic (exact) mass is 302 g/mol. The van der Waals surface area contributed by atoms with Crippen molar-refractivity contribution in [1.82, 2.24) is 5.32 Å². The number of hydrogen-bond donors (Lipinski definition) is 4. The fourth-order valence-corrected chi connectivity index (χ4v) is 5.30. The molecule has 1 saturated carbocycles. The number of fused-ring (bicyclic) bond motifs is 1. The molecule has 0 radical (unpaired) electrons. The van der Waals surface area contributed by atoms with Crippen molar-refractivity contribution in [2.75, 3.05) is 25.0 Å². The number of aliphatic hydroxyl groups is 1. The number of anilines is 1. The van der Waals surface area contributed by atoms with Crippen LogP contribution in [-0.2, 0) is 11.8 Å². The maximum absolute atomic E-state index is 10.4. The van der Waals surface area contributed by atoms with Gasteiger partial charge in [0.25, 0.3) is 0 Å². The molecule has 0 spiro atoms. The van der Waals surface area contributed by atoms with Crippen LogP contribution in [0.3, 0.4) is 0 Å². The van der Waals surface area contributed by atoms with Crippen LogP contribution in [0.15, 0.2) is 12.1 Å². The third-order valence-corrected chi connectivity index (χ3v) is 6.19. The molecule has 1 heterocycles. The van der Waals surface area contributed by atoms with E-state index in [9.17, 15) is 5.11 Å². The zero-order chi connectivity index (χ0) is 15.2. The number of nitrogens with one attached hydrogen (secondary N) is 2. The lowest BCUT2D eigenvalue weighted by Gasteiger charge is -2.56. The van der Waals surface area contributed by atoms with E-state index in [4.69, 9.17) is 5.11 Å². The highest BCUT2D eigenvalue weighted by atomic mass is 16.3. The van der Waals surface area contributed by atoms with Crippen molar-refractivity contribution in [3.8, 4) is 5.75 Å². The zero-order valence-electron chi connectivity index (χ0n) is 13.1. The van der Waals surface area contributed by atoms with Gasteiger partial charge in [-0.3, -0.25) is 0 Å². The Balaban J connectivity index is 1.78. The molecule has 0 unspecified atom stereocenters. The maximum Gasteiger partial charge on any atom is 0.138 e. The number of benzene rings is 1. The number of phenols is 1. The van der Waals surface area contributed by atoms with E-state index in [1.807, 2.05) is 6.07 Å². The van der Waals surface area contributed by atoms with Crippen LogP contribution in [0.4, 0.5) is 5.69 Å². The van der Waals surface area contributed by atoms with E-state index in [1.54, 1.807) is 0 Å². The molecule has 120 valence electrons. The summed E-state index contributed by atoms with van der Waals surface area (Å²) in [5.41, 5.74) is 3.83.